The number of amides is 1. The van der Waals surface area contributed by atoms with Crippen LogP contribution >= 0.6 is 11.6 Å². The van der Waals surface area contributed by atoms with Crippen LogP contribution in [0, 0.1) is 0 Å². The number of rotatable bonds is 4. The van der Waals surface area contributed by atoms with E-state index in [0.29, 0.717) is 61.1 Å². The number of pyridine rings is 1. The number of nitrogens with zero attached hydrogens (tertiary/aromatic N) is 4. The molecular formula is C21H21ClN4O3. The Balaban J connectivity index is 1.51. The number of hydrogen-bond donors (Lipinski definition) is 1. The summed E-state index contributed by atoms with van der Waals surface area (Å²) in [6.45, 7) is 2.16. The molecule has 2 fully saturated rings. The van der Waals surface area contributed by atoms with E-state index in [1.54, 1.807) is 35.4 Å². The maximum absolute atomic E-state index is 12.7. The molecule has 1 aliphatic carbocycles. The van der Waals surface area contributed by atoms with Gasteiger partial charge in [0.25, 0.3) is 5.91 Å². The quantitative estimate of drug-likeness (QED) is 0.616. The van der Waals surface area contributed by atoms with Crippen molar-refractivity contribution in [1.82, 2.24) is 14.8 Å². The van der Waals surface area contributed by atoms with E-state index in [4.69, 9.17) is 11.6 Å². The molecule has 2 heterocycles. The van der Waals surface area contributed by atoms with E-state index in [1.807, 2.05) is 23.1 Å². The van der Waals surface area contributed by atoms with Crippen LogP contribution in [0.15, 0.2) is 53.7 Å². The lowest BCUT2D eigenvalue weighted by atomic mass is 10.1. The van der Waals surface area contributed by atoms with Crippen LogP contribution in [0.3, 0.4) is 0 Å². The number of piperazine rings is 1. The van der Waals surface area contributed by atoms with Gasteiger partial charge in [-0.1, -0.05) is 17.7 Å². The first-order valence-electron chi connectivity index (χ1n) is 9.53. The molecule has 1 saturated carbocycles. The van der Waals surface area contributed by atoms with E-state index in [0.717, 1.165) is 0 Å². The van der Waals surface area contributed by atoms with Crippen molar-refractivity contribution in [3.63, 3.8) is 0 Å². The summed E-state index contributed by atoms with van der Waals surface area (Å²) in [7, 11) is 0. The molecule has 29 heavy (non-hydrogen) atoms. The van der Waals surface area contributed by atoms with Crippen molar-refractivity contribution in [3.05, 3.63) is 64.9 Å². The first-order chi connectivity index (χ1) is 14.0. The molecule has 2 aliphatic rings. The first-order valence-corrected chi connectivity index (χ1v) is 9.91. The third kappa shape index (κ3) is 4.10. The molecule has 8 heteroatoms. The summed E-state index contributed by atoms with van der Waals surface area (Å²) in [5, 5.41) is 10.1. The van der Waals surface area contributed by atoms with Crippen molar-refractivity contribution >= 4 is 29.3 Å². The zero-order valence-corrected chi connectivity index (χ0v) is 16.5. The van der Waals surface area contributed by atoms with Crippen molar-refractivity contribution in [1.29, 1.82) is 0 Å². The van der Waals surface area contributed by atoms with Crippen LogP contribution in [-0.4, -0.2) is 69.3 Å². The molecule has 0 bridgehead atoms. The van der Waals surface area contributed by atoms with Gasteiger partial charge in [-0.2, -0.15) is 0 Å². The highest BCUT2D eigenvalue weighted by molar-refractivity contribution is 6.30. The van der Waals surface area contributed by atoms with Crippen LogP contribution in [0.4, 0.5) is 0 Å². The van der Waals surface area contributed by atoms with Crippen LogP contribution in [0.2, 0.25) is 5.02 Å². The average Bonchev–Trinajstić information content (AvgIpc) is 3.54. The second-order valence-corrected chi connectivity index (χ2v) is 7.71. The monoisotopic (exact) mass is 412 g/mol. The van der Waals surface area contributed by atoms with Gasteiger partial charge in [-0.3, -0.25) is 9.78 Å². The van der Waals surface area contributed by atoms with Crippen LogP contribution in [0.1, 0.15) is 28.9 Å². The number of carbonyl (C=O) groups is 2. The van der Waals surface area contributed by atoms with Gasteiger partial charge in [0.15, 0.2) is 11.4 Å². The van der Waals surface area contributed by atoms with Gasteiger partial charge in [0.2, 0.25) is 0 Å². The number of carboxylic acid groups (broad SMARTS) is 1. The number of aliphatic imine (C=N–C) groups is 1. The Morgan fingerprint density at radius 3 is 2.21 bits per heavy atom. The van der Waals surface area contributed by atoms with E-state index < -0.39 is 11.5 Å². The van der Waals surface area contributed by atoms with Gasteiger partial charge in [0, 0.05) is 43.0 Å². The summed E-state index contributed by atoms with van der Waals surface area (Å²) >= 11 is 5.90. The highest BCUT2D eigenvalue weighted by atomic mass is 35.5. The van der Waals surface area contributed by atoms with E-state index in [1.165, 1.54) is 0 Å². The lowest BCUT2D eigenvalue weighted by molar-refractivity contribution is -0.139. The van der Waals surface area contributed by atoms with Crippen molar-refractivity contribution in [2.45, 2.75) is 18.4 Å². The Kier molecular flexibility index (Phi) is 5.24. The molecule has 0 radical (unpaired) electrons. The van der Waals surface area contributed by atoms with Gasteiger partial charge in [-0.25, -0.2) is 9.79 Å². The lowest BCUT2D eigenvalue weighted by Crippen LogP contribution is -2.51. The second kappa shape index (κ2) is 7.83. The second-order valence-electron chi connectivity index (χ2n) is 7.27. The Bertz CT molecular complexity index is 934. The molecule has 1 aliphatic heterocycles. The van der Waals surface area contributed by atoms with Crippen LogP contribution in [0.25, 0.3) is 0 Å². The third-order valence-electron chi connectivity index (χ3n) is 5.29. The van der Waals surface area contributed by atoms with Crippen LogP contribution in [-0.2, 0) is 4.79 Å². The minimum atomic E-state index is -1.04. The summed E-state index contributed by atoms with van der Waals surface area (Å²) in [5.74, 6) is -0.353. The fourth-order valence-corrected chi connectivity index (χ4v) is 3.50. The third-order valence-corrected chi connectivity index (χ3v) is 5.55. The Labute approximate surface area is 173 Å². The number of aliphatic carboxylic acids is 1. The van der Waals surface area contributed by atoms with Gasteiger partial charge < -0.3 is 14.9 Å². The molecule has 1 aromatic heterocycles. The van der Waals surface area contributed by atoms with E-state index in [2.05, 4.69) is 9.98 Å². The van der Waals surface area contributed by atoms with Crippen molar-refractivity contribution in [2.75, 3.05) is 26.2 Å². The molecular weight excluding hydrogens is 392 g/mol. The fraction of sp³-hybridized carbons (Fsp3) is 0.333. The molecule has 7 nitrogen and oxygen atoms in total. The van der Waals surface area contributed by atoms with Gasteiger partial charge in [0.1, 0.15) is 5.69 Å². The van der Waals surface area contributed by atoms with E-state index in [-0.39, 0.29) is 5.91 Å². The number of aromatic nitrogens is 1. The van der Waals surface area contributed by atoms with Crippen LogP contribution in [0.5, 0.6) is 0 Å². The number of amidine groups is 1. The van der Waals surface area contributed by atoms with Crippen molar-refractivity contribution < 1.29 is 14.7 Å². The summed E-state index contributed by atoms with van der Waals surface area (Å²) < 4.78 is 0. The van der Waals surface area contributed by atoms with Gasteiger partial charge in [-0.15, -0.1) is 0 Å². The Morgan fingerprint density at radius 1 is 1.00 bits per heavy atom. The molecule has 0 unspecified atom stereocenters. The predicted molar refractivity (Wildman–Crippen MR) is 109 cm³/mol. The molecule has 1 aromatic carbocycles. The number of halogens is 1. The predicted octanol–water partition coefficient (Wildman–Crippen LogP) is 2.56. The molecule has 2 aromatic rings. The first kappa shape index (κ1) is 19.4. The van der Waals surface area contributed by atoms with E-state index in [9.17, 15) is 14.7 Å². The minimum Gasteiger partial charge on any atom is -0.479 e. The van der Waals surface area contributed by atoms with Gasteiger partial charge in [0.05, 0.1) is 0 Å². The fourth-order valence-electron chi connectivity index (χ4n) is 3.38. The van der Waals surface area contributed by atoms with Crippen LogP contribution < -0.4 is 0 Å². The number of benzene rings is 1. The highest BCUT2D eigenvalue weighted by Crippen LogP contribution is 2.40. The summed E-state index contributed by atoms with van der Waals surface area (Å²) in [5.41, 5.74) is 0.213. The molecule has 0 atom stereocenters. The zero-order valence-electron chi connectivity index (χ0n) is 15.8. The topological polar surface area (TPSA) is 86.1 Å². The number of carboxylic acids is 1. The SMILES string of the molecule is O=C(c1ccc(Cl)cc1)N1CCN(/C(=N/C2(C(=O)O)CC2)c2ccccn2)CC1. The van der Waals surface area contributed by atoms with Gasteiger partial charge >= 0.3 is 5.97 Å². The van der Waals surface area contributed by atoms with Crippen molar-refractivity contribution in [3.8, 4) is 0 Å². The summed E-state index contributed by atoms with van der Waals surface area (Å²) in [4.78, 5) is 37.2. The standard InChI is InChI=1S/C21H21ClN4O3/c22-16-6-4-15(5-7-16)19(27)26-13-11-25(12-14-26)18(17-3-1-2-10-23-17)24-21(8-9-21)20(28)29/h1-7,10H,8-9,11-14H2,(H,28,29)/b24-18+. The van der Waals surface area contributed by atoms with Crippen molar-refractivity contribution in [2.24, 2.45) is 4.99 Å². The maximum Gasteiger partial charge on any atom is 0.331 e. The number of hydrogen-bond acceptors (Lipinski definition) is 4. The molecule has 1 saturated heterocycles. The molecule has 1 N–H and O–H groups in total. The van der Waals surface area contributed by atoms with Gasteiger partial charge in [-0.05, 0) is 49.2 Å². The molecule has 1 amide bonds. The minimum absolute atomic E-state index is 0.0400. The summed E-state index contributed by atoms with van der Waals surface area (Å²) in [6.07, 6.45) is 2.74. The molecule has 4 rings (SSSR count). The molecule has 150 valence electrons. The molecule has 0 spiro atoms. The highest BCUT2D eigenvalue weighted by Gasteiger charge is 2.51. The number of carbonyl (C=O) groups excluding carboxylic acids is 1. The largest absolute Gasteiger partial charge is 0.479 e. The average molecular weight is 413 g/mol. The zero-order chi connectivity index (χ0) is 20.4. The smallest absolute Gasteiger partial charge is 0.331 e. The Morgan fingerprint density at radius 2 is 1.66 bits per heavy atom. The lowest BCUT2D eigenvalue weighted by Gasteiger charge is -2.36. The van der Waals surface area contributed by atoms with E-state index >= 15 is 0 Å². The summed E-state index contributed by atoms with van der Waals surface area (Å²) in [6, 6.07) is 12.4. The Hall–Kier alpha value is -2.93. The maximum atomic E-state index is 12.7. The normalized spacial score (nSPS) is 18.4.